The van der Waals surface area contributed by atoms with Crippen LogP contribution in [-0.4, -0.2) is 9.68 Å². The van der Waals surface area contributed by atoms with Gasteiger partial charge in [0.05, 0.1) is 0 Å². The van der Waals surface area contributed by atoms with Crippen LogP contribution >= 0.6 is 35.2 Å². The van der Waals surface area contributed by atoms with Crippen molar-refractivity contribution >= 4 is 35.2 Å². The van der Waals surface area contributed by atoms with E-state index in [-0.39, 0.29) is 0 Å². The Labute approximate surface area is 89.4 Å². The van der Waals surface area contributed by atoms with Crippen molar-refractivity contribution < 1.29 is 0 Å². The molecule has 0 saturated heterocycles. The number of thiol groups is 1. The largest absolute Gasteiger partial charge is 0.175 e. The lowest BCUT2D eigenvalue weighted by atomic mass is 10.0. The van der Waals surface area contributed by atoms with Crippen molar-refractivity contribution in [1.29, 1.82) is 0 Å². The highest BCUT2D eigenvalue weighted by Crippen LogP contribution is 2.14. The molecule has 0 aromatic heterocycles. The second kappa shape index (κ2) is 7.47. The Bertz CT molecular complexity index is 110. The summed E-state index contributed by atoms with van der Waals surface area (Å²) in [6, 6.07) is 0. The summed E-state index contributed by atoms with van der Waals surface area (Å²) < 4.78 is 0.805. The molecule has 0 aromatic carbocycles. The van der Waals surface area contributed by atoms with Crippen LogP contribution in [0.2, 0.25) is 0 Å². The number of halogens is 1. The van der Waals surface area contributed by atoms with Crippen LogP contribution in [0.5, 0.6) is 0 Å². The predicted octanol–water partition coefficient (Wildman–Crippen LogP) is 3.71. The Balaban J connectivity index is 3.36. The lowest BCUT2D eigenvalue weighted by Gasteiger charge is -2.06. The minimum absolute atomic E-state index is 0.722. The summed E-state index contributed by atoms with van der Waals surface area (Å²) in [6.45, 7) is 4.52. The van der Waals surface area contributed by atoms with Crippen LogP contribution in [0.3, 0.4) is 0 Å². The molecular formula is C9H17IS. The number of alkyl halides is 1. The van der Waals surface area contributed by atoms with Crippen molar-refractivity contribution in [2.45, 2.75) is 30.6 Å². The SMILES string of the molecule is CC(I)CCC(C)/C=C\CS. The summed E-state index contributed by atoms with van der Waals surface area (Å²) in [5.41, 5.74) is 0. The summed E-state index contributed by atoms with van der Waals surface area (Å²) in [7, 11) is 0. The Hall–Kier alpha value is 0.820. The van der Waals surface area contributed by atoms with Crippen LogP contribution in [0.15, 0.2) is 12.2 Å². The maximum Gasteiger partial charge on any atom is 0.00826 e. The van der Waals surface area contributed by atoms with Crippen molar-refractivity contribution in [3.8, 4) is 0 Å². The summed E-state index contributed by atoms with van der Waals surface area (Å²) in [4.78, 5) is 0. The van der Waals surface area contributed by atoms with Gasteiger partial charge >= 0.3 is 0 Å². The quantitative estimate of drug-likeness (QED) is 0.338. The van der Waals surface area contributed by atoms with Crippen molar-refractivity contribution in [3.63, 3.8) is 0 Å². The molecule has 0 nitrogen and oxygen atoms in total. The average Bonchev–Trinajstić information content (AvgIpc) is 1.97. The third-order valence-corrected chi connectivity index (χ3v) is 2.42. The van der Waals surface area contributed by atoms with Crippen molar-refractivity contribution in [2.75, 3.05) is 5.75 Å². The predicted molar refractivity (Wildman–Crippen MR) is 64.9 cm³/mol. The van der Waals surface area contributed by atoms with E-state index in [9.17, 15) is 0 Å². The van der Waals surface area contributed by atoms with Crippen LogP contribution in [-0.2, 0) is 0 Å². The van der Waals surface area contributed by atoms with E-state index in [0.717, 1.165) is 15.6 Å². The lowest BCUT2D eigenvalue weighted by molar-refractivity contribution is 0.611. The molecule has 2 unspecified atom stereocenters. The molecule has 0 N–H and O–H groups in total. The molecule has 0 spiro atoms. The standard InChI is InChI=1S/C9H17IS/c1-8(4-3-7-11)5-6-9(2)10/h3-4,8-9,11H,5-7H2,1-2H3/b4-3-. The number of allylic oxidation sites excluding steroid dienone is 1. The molecule has 0 heterocycles. The monoisotopic (exact) mass is 284 g/mol. The first-order valence-corrected chi connectivity index (χ1v) is 5.96. The minimum atomic E-state index is 0.722. The fourth-order valence-electron chi connectivity index (χ4n) is 0.882. The third-order valence-electron chi connectivity index (χ3n) is 1.59. The molecule has 11 heavy (non-hydrogen) atoms. The molecule has 2 atom stereocenters. The Morgan fingerprint density at radius 2 is 2.00 bits per heavy atom. The van der Waals surface area contributed by atoms with Gasteiger partial charge in [0.15, 0.2) is 0 Å². The number of rotatable bonds is 5. The average molecular weight is 284 g/mol. The summed E-state index contributed by atoms with van der Waals surface area (Å²) in [5.74, 6) is 1.59. The van der Waals surface area contributed by atoms with E-state index in [4.69, 9.17) is 0 Å². The molecule has 0 aliphatic heterocycles. The molecule has 0 bridgehead atoms. The summed E-state index contributed by atoms with van der Waals surface area (Å²) >= 11 is 6.59. The molecule has 0 aliphatic carbocycles. The van der Waals surface area contributed by atoms with Crippen LogP contribution in [0, 0.1) is 5.92 Å². The number of hydrogen-bond acceptors (Lipinski definition) is 1. The van der Waals surface area contributed by atoms with Crippen LogP contribution in [0.25, 0.3) is 0 Å². The van der Waals surface area contributed by atoms with Gasteiger partial charge in [-0.05, 0) is 18.8 Å². The van der Waals surface area contributed by atoms with E-state index < -0.39 is 0 Å². The molecule has 0 amide bonds. The van der Waals surface area contributed by atoms with E-state index in [1.165, 1.54) is 12.8 Å². The first-order valence-electron chi connectivity index (χ1n) is 4.08. The van der Waals surface area contributed by atoms with Crippen molar-refractivity contribution in [2.24, 2.45) is 5.92 Å². The van der Waals surface area contributed by atoms with Crippen LogP contribution in [0.4, 0.5) is 0 Å². The highest BCUT2D eigenvalue weighted by molar-refractivity contribution is 14.1. The molecule has 0 aromatic rings. The molecule has 0 radical (unpaired) electrons. The van der Waals surface area contributed by atoms with E-state index in [2.05, 4.69) is 61.2 Å². The molecule has 0 fully saturated rings. The summed E-state index contributed by atoms with van der Waals surface area (Å²) in [5, 5.41) is 0. The van der Waals surface area contributed by atoms with Gasteiger partial charge in [0.1, 0.15) is 0 Å². The molecule has 0 aliphatic rings. The topological polar surface area (TPSA) is 0 Å². The van der Waals surface area contributed by atoms with Crippen LogP contribution < -0.4 is 0 Å². The van der Waals surface area contributed by atoms with Gasteiger partial charge in [-0.3, -0.25) is 0 Å². The molecule has 66 valence electrons. The Morgan fingerprint density at radius 1 is 1.36 bits per heavy atom. The summed E-state index contributed by atoms with van der Waals surface area (Å²) in [6.07, 6.45) is 7.00. The first kappa shape index (κ1) is 11.8. The van der Waals surface area contributed by atoms with Crippen molar-refractivity contribution in [3.05, 3.63) is 12.2 Å². The lowest BCUT2D eigenvalue weighted by Crippen LogP contribution is -1.95. The smallest absolute Gasteiger partial charge is 0.00826 e. The number of hydrogen-bond donors (Lipinski definition) is 1. The fourth-order valence-corrected chi connectivity index (χ4v) is 1.36. The van der Waals surface area contributed by atoms with E-state index in [1.54, 1.807) is 0 Å². The second-order valence-electron chi connectivity index (χ2n) is 2.95. The highest BCUT2D eigenvalue weighted by Gasteiger charge is 1.99. The maximum absolute atomic E-state index is 4.12. The fraction of sp³-hybridized carbons (Fsp3) is 0.778. The zero-order valence-corrected chi connectivity index (χ0v) is 10.3. The third kappa shape index (κ3) is 8.73. The zero-order chi connectivity index (χ0) is 8.69. The van der Waals surface area contributed by atoms with Gasteiger partial charge < -0.3 is 0 Å². The van der Waals surface area contributed by atoms with E-state index in [1.807, 2.05) is 0 Å². The van der Waals surface area contributed by atoms with Crippen LogP contribution in [0.1, 0.15) is 26.7 Å². The highest BCUT2D eigenvalue weighted by atomic mass is 127. The molecule has 2 heteroatoms. The molecule has 0 rings (SSSR count). The van der Waals surface area contributed by atoms with Gasteiger partial charge in [0.25, 0.3) is 0 Å². The zero-order valence-electron chi connectivity index (χ0n) is 7.26. The second-order valence-corrected chi connectivity index (χ2v) is 5.44. The van der Waals surface area contributed by atoms with Gasteiger partial charge in [0.2, 0.25) is 0 Å². The van der Waals surface area contributed by atoms with Gasteiger partial charge in [-0.1, -0.05) is 48.6 Å². The molecular weight excluding hydrogens is 267 g/mol. The van der Waals surface area contributed by atoms with E-state index in [0.29, 0.717) is 0 Å². The molecule has 0 saturated carbocycles. The van der Waals surface area contributed by atoms with Gasteiger partial charge in [-0.25, -0.2) is 0 Å². The van der Waals surface area contributed by atoms with Gasteiger partial charge in [0, 0.05) is 9.68 Å². The Kier molecular flexibility index (Phi) is 8.02. The minimum Gasteiger partial charge on any atom is -0.175 e. The first-order chi connectivity index (χ1) is 5.16. The maximum atomic E-state index is 4.12. The van der Waals surface area contributed by atoms with Gasteiger partial charge in [-0.15, -0.1) is 0 Å². The van der Waals surface area contributed by atoms with Crippen molar-refractivity contribution in [1.82, 2.24) is 0 Å². The Morgan fingerprint density at radius 3 is 2.45 bits per heavy atom. The van der Waals surface area contributed by atoms with E-state index >= 15 is 0 Å². The van der Waals surface area contributed by atoms with Gasteiger partial charge in [-0.2, -0.15) is 12.6 Å². The normalized spacial score (nSPS) is 17.1.